The molecule has 11 heteroatoms. The number of carbonyl (C=O) groups excluding carboxylic acids is 1. The van der Waals surface area contributed by atoms with Gasteiger partial charge in [0.15, 0.2) is 5.13 Å². The van der Waals surface area contributed by atoms with Gasteiger partial charge in [-0.25, -0.2) is 18.4 Å². The van der Waals surface area contributed by atoms with Crippen LogP contribution in [0.1, 0.15) is 21.1 Å². The van der Waals surface area contributed by atoms with E-state index in [1.807, 2.05) is 0 Å². The summed E-state index contributed by atoms with van der Waals surface area (Å²) in [5.41, 5.74) is 0.997. The number of nitrogens with one attached hydrogen (secondary N) is 1. The van der Waals surface area contributed by atoms with Crippen LogP contribution in [0.2, 0.25) is 0 Å². The lowest BCUT2D eigenvalue weighted by molar-refractivity contribution is 0.102. The van der Waals surface area contributed by atoms with E-state index in [0.717, 1.165) is 15.0 Å². The lowest BCUT2D eigenvalue weighted by Gasteiger charge is -2.25. The third-order valence-corrected chi connectivity index (χ3v) is 7.55. The number of nitrogens with zero attached hydrogens (tertiary/aromatic N) is 4. The number of rotatable bonds is 4. The van der Waals surface area contributed by atoms with E-state index in [0.29, 0.717) is 18.1 Å². The van der Waals surface area contributed by atoms with E-state index in [9.17, 15) is 13.2 Å². The monoisotopic (exact) mass is 479 g/mol. The van der Waals surface area contributed by atoms with E-state index in [1.165, 1.54) is 34.2 Å². The number of halogens is 1. The van der Waals surface area contributed by atoms with Gasteiger partial charge >= 0.3 is 0 Å². The van der Waals surface area contributed by atoms with E-state index in [2.05, 4.69) is 36.2 Å². The van der Waals surface area contributed by atoms with Gasteiger partial charge in [0.1, 0.15) is 5.69 Å². The molecule has 0 saturated heterocycles. The van der Waals surface area contributed by atoms with Crippen molar-refractivity contribution in [3.05, 3.63) is 63.6 Å². The minimum atomic E-state index is -3.59. The molecular weight excluding hydrogens is 466 g/mol. The van der Waals surface area contributed by atoms with Gasteiger partial charge in [-0.1, -0.05) is 15.9 Å². The first-order chi connectivity index (χ1) is 13.4. The van der Waals surface area contributed by atoms with Crippen molar-refractivity contribution in [2.75, 3.05) is 11.9 Å². The molecule has 1 amide bonds. The molecule has 0 radical (unpaired) electrons. The minimum Gasteiger partial charge on any atom is -0.296 e. The molecule has 1 aliphatic rings. The van der Waals surface area contributed by atoms with Crippen LogP contribution in [0.25, 0.3) is 0 Å². The van der Waals surface area contributed by atoms with Gasteiger partial charge in [-0.2, -0.15) is 4.31 Å². The zero-order valence-corrected chi connectivity index (χ0v) is 17.6. The minimum absolute atomic E-state index is 0.190. The molecule has 0 atom stereocenters. The van der Waals surface area contributed by atoms with Crippen molar-refractivity contribution in [1.82, 2.24) is 19.3 Å². The standard InChI is InChI=1S/C17H14BrN5O3S2/c18-11-1-3-12(4-2-11)28(25,26)23-8-5-13-15(10-23)27-17(21-13)22-16(24)14-9-19-6-7-20-14/h1-4,6-7,9H,5,8,10H2,(H,21,22,24). The van der Waals surface area contributed by atoms with Crippen LogP contribution in [0.3, 0.4) is 0 Å². The third kappa shape index (κ3) is 3.83. The van der Waals surface area contributed by atoms with Crippen molar-refractivity contribution in [3.8, 4) is 0 Å². The number of hydrogen-bond donors (Lipinski definition) is 1. The smallest absolute Gasteiger partial charge is 0.277 e. The summed E-state index contributed by atoms with van der Waals surface area (Å²) in [5, 5.41) is 3.12. The SMILES string of the molecule is O=C(Nc1nc2c(s1)CN(S(=O)(=O)c1ccc(Br)cc1)CC2)c1cnccn1. The van der Waals surface area contributed by atoms with Crippen LogP contribution in [0.4, 0.5) is 5.13 Å². The molecule has 2 aromatic heterocycles. The van der Waals surface area contributed by atoms with Crippen LogP contribution in [0, 0.1) is 0 Å². The highest BCUT2D eigenvalue weighted by molar-refractivity contribution is 9.10. The molecule has 1 aliphatic heterocycles. The highest BCUT2D eigenvalue weighted by Crippen LogP contribution is 2.31. The molecule has 144 valence electrons. The molecule has 3 aromatic rings. The quantitative estimate of drug-likeness (QED) is 0.616. The van der Waals surface area contributed by atoms with Crippen molar-refractivity contribution in [3.63, 3.8) is 0 Å². The molecule has 0 aliphatic carbocycles. The Hall–Kier alpha value is -2.21. The van der Waals surface area contributed by atoms with Crippen molar-refractivity contribution in [2.24, 2.45) is 0 Å². The fourth-order valence-corrected chi connectivity index (χ4v) is 5.54. The maximum atomic E-state index is 12.9. The molecule has 0 bridgehead atoms. The Kier molecular flexibility index (Phi) is 5.23. The fourth-order valence-electron chi connectivity index (χ4n) is 2.76. The second-order valence-electron chi connectivity index (χ2n) is 5.98. The molecule has 8 nitrogen and oxygen atoms in total. The molecule has 3 heterocycles. The molecule has 28 heavy (non-hydrogen) atoms. The first-order valence-electron chi connectivity index (χ1n) is 8.25. The lowest BCUT2D eigenvalue weighted by Crippen LogP contribution is -2.35. The second-order valence-corrected chi connectivity index (χ2v) is 9.91. The summed E-state index contributed by atoms with van der Waals surface area (Å²) in [6.45, 7) is 0.569. The highest BCUT2D eigenvalue weighted by atomic mass is 79.9. The molecular formula is C17H14BrN5O3S2. The Morgan fingerprint density at radius 2 is 2.00 bits per heavy atom. The summed E-state index contributed by atoms with van der Waals surface area (Å²) < 4.78 is 28.0. The van der Waals surface area contributed by atoms with E-state index in [1.54, 1.807) is 24.3 Å². The summed E-state index contributed by atoms with van der Waals surface area (Å²) >= 11 is 4.58. The maximum Gasteiger partial charge on any atom is 0.277 e. The zero-order valence-electron chi connectivity index (χ0n) is 14.4. The number of anilines is 1. The van der Waals surface area contributed by atoms with Gasteiger partial charge in [0.25, 0.3) is 5.91 Å². The number of fused-ring (bicyclic) bond motifs is 1. The topological polar surface area (TPSA) is 105 Å². The average molecular weight is 480 g/mol. The normalized spacial score (nSPS) is 14.5. The Balaban J connectivity index is 1.52. The predicted octanol–water partition coefficient (Wildman–Crippen LogP) is 2.69. The number of hydrogen-bond acceptors (Lipinski definition) is 7. The number of benzene rings is 1. The summed E-state index contributed by atoms with van der Waals surface area (Å²) in [4.78, 5) is 25.5. The van der Waals surface area contributed by atoms with Gasteiger partial charge in [0.05, 0.1) is 23.3 Å². The maximum absolute atomic E-state index is 12.9. The highest BCUT2D eigenvalue weighted by Gasteiger charge is 2.30. The zero-order chi connectivity index (χ0) is 19.7. The van der Waals surface area contributed by atoms with Gasteiger partial charge in [-0.3, -0.25) is 15.1 Å². The predicted molar refractivity (Wildman–Crippen MR) is 108 cm³/mol. The van der Waals surface area contributed by atoms with Crippen molar-refractivity contribution in [1.29, 1.82) is 0 Å². The third-order valence-electron chi connectivity index (χ3n) is 4.16. The van der Waals surface area contributed by atoms with E-state index < -0.39 is 15.9 Å². The first kappa shape index (κ1) is 19.1. The molecule has 1 aromatic carbocycles. The fraction of sp³-hybridized carbons (Fsp3) is 0.176. The Morgan fingerprint density at radius 1 is 1.21 bits per heavy atom. The van der Waals surface area contributed by atoms with Crippen LogP contribution >= 0.6 is 27.3 Å². The number of amides is 1. The summed E-state index contributed by atoms with van der Waals surface area (Å²) in [6.07, 6.45) is 4.78. The number of aromatic nitrogens is 3. The summed E-state index contributed by atoms with van der Waals surface area (Å²) in [6, 6.07) is 6.56. The summed E-state index contributed by atoms with van der Waals surface area (Å²) in [7, 11) is -3.59. The van der Waals surface area contributed by atoms with Gasteiger partial charge in [0, 0.05) is 34.7 Å². The van der Waals surface area contributed by atoms with E-state index in [4.69, 9.17) is 0 Å². The van der Waals surface area contributed by atoms with Crippen LogP contribution < -0.4 is 5.32 Å². The molecule has 0 saturated carbocycles. The lowest BCUT2D eigenvalue weighted by atomic mass is 10.2. The molecule has 0 spiro atoms. The van der Waals surface area contributed by atoms with Crippen LogP contribution in [0.5, 0.6) is 0 Å². The molecule has 4 rings (SSSR count). The Morgan fingerprint density at radius 3 is 2.71 bits per heavy atom. The van der Waals surface area contributed by atoms with E-state index >= 15 is 0 Å². The van der Waals surface area contributed by atoms with Crippen LogP contribution in [-0.4, -0.2) is 40.1 Å². The molecule has 0 fully saturated rings. The van der Waals surface area contributed by atoms with Gasteiger partial charge < -0.3 is 0 Å². The number of thiazole rings is 1. The van der Waals surface area contributed by atoms with Gasteiger partial charge in [-0.05, 0) is 24.3 Å². The van der Waals surface area contributed by atoms with Crippen molar-refractivity contribution < 1.29 is 13.2 Å². The first-order valence-corrected chi connectivity index (χ1v) is 11.3. The summed E-state index contributed by atoms with van der Waals surface area (Å²) in [5.74, 6) is -0.404. The average Bonchev–Trinajstić information content (AvgIpc) is 3.10. The number of sulfonamides is 1. The van der Waals surface area contributed by atoms with Crippen molar-refractivity contribution in [2.45, 2.75) is 17.9 Å². The van der Waals surface area contributed by atoms with E-state index in [-0.39, 0.29) is 17.1 Å². The van der Waals surface area contributed by atoms with Gasteiger partial charge in [-0.15, -0.1) is 11.3 Å². The second kappa shape index (κ2) is 7.66. The number of carbonyl (C=O) groups is 1. The van der Waals surface area contributed by atoms with Crippen LogP contribution in [0.15, 0.2) is 52.2 Å². The molecule has 1 N–H and O–H groups in total. The van der Waals surface area contributed by atoms with Crippen molar-refractivity contribution >= 4 is 48.3 Å². The Labute approximate surface area is 173 Å². The Bertz CT molecular complexity index is 1120. The largest absolute Gasteiger partial charge is 0.296 e. The molecule has 0 unspecified atom stereocenters. The van der Waals surface area contributed by atoms with Gasteiger partial charge in [0.2, 0.25) is 10.0 Å². The van der Waals surface area contributed by atoms with Crippen LogP contribution in [-0.2, 0) is 23.0 Å².